The van der Waals surface area contributed by atoms with Gasteiger partial charge in [0.1, 0.15) is 0 Å². The van der Waals surface area contributed by atoms with Crippen molar-refractivity contribution in [1.29, 1.82) is 0 Å². The van der Waals surface area contributed by atoms with E-state index in [1.54, 1.807) is 11.3 Å². The quantitative estimate of drug-likeness (QED) is 0.772. The first-order chi connectivity index (χ1) is 12.2. The normalized spacial score (nSPS) is 17.8. The summed E-state index contributed by atoms with van der Waals surface area (Å²) < 4.78 is 62.7. The van der Waals surface area contributed by atoms with Crippen molar-refractivity contribution < 1.29 is 26.4 Å². The minimum atomic E-state index is -5.61. The molecule has 26 heavy (non-hydrogen) atoms. The molecule has 0 saturated carbocycles. The molecular weight excluding hydrogens is 387 g/mol. The molecule has 0 saturated heterocycles. The van der Waals surface area contributed by atoms with E-state index in [1.807, 2.05) is 18.4 Å². The van der Waals surface area contributed by atoms with E-state index in [0.717, 1.165) is 22.6 Å². The van der Waals surface area contributed by atoms with Crippen molar-refractivity contribution in [2.75, 3.05) is 6.54 Å². The van der Waals surface area contributed by atoms with E-state index in [1.165, 1.54) is 17.0 Å². The zero-order valence-electron chi connectivity index (χ0n) is 13.8. The SMILES string of the molecule is CCC1c2ccsc2CCN1C(=O)c1ccccc1S(=O)(=O)C(F)(F)F. The number of carbonyl (C=O) groups excluding carboxylic acids is 1. The summed E-state index contributed by atoms with van der Waals surface area (Å²) in [5.74, 6) is -0.697. The fourth-order valence-corrected chi connectivity index (χ4v) is 5.12. The molecule has 140 valence electrons. The number of hydrogen-bond donors (Lipinski definition) is 0. The van der Waals surface area contributed by atoms with Crippen molar-refractivity contribution in [3.63, 3.8) is 0 Å². The lowest BCUT2D eigenvalue weighted by atomic mass is 9.97. The zero-order valence-corrected chi connectivity index (χ0v) is 15.4. The summed E-state index contributed by atoms with van der Waals surface area (Å²) in [5.41, 5.74) is -4.93. The summed E-state index contributed by atoms with van der Waals surface area (Å²) in [4.78, 5) is 14.6. The molecule has 2 heterocycles. The van der Waals surface area contributed by atoms with Gasteiger partial charge in [0.15, 0.2) is 0 Å². The lowest BCUT2D eigenvalue weighted by Gasteiger charge is -2.35. The van der Waals surface area contributed by atoms with Gasteiger partial charge in [0.25, 0.3) is 15.7 Å². The number of halogens is 3. The Kier molecular flexibility index (Phi) is 4.87. The minimum Gasteiger partial charge on any atom is -0.331 e. The Balaban J connectivity index is 2.05. The molecule has 3 rings (SSSR count). The van der Waals surface area contributed by atoms with Gasteiger partial charge in [-0.3, -0.25) is 4.79 Å². The Morgan fingerprint density at radius 2 is 1.96 bits per heavy atom. The summed E-state index contributed by atoms with van der Waals surface area (Å²) in [6, 6.07) is 6.14. The largest absolute Gasteiger partial charge is 0.501 e. The molecule has 9 heteroatoms. The van der Waals surface area contributed by atoms with Crippen molar-refractivity contribution in [3.8, 4) is 0 Å². The van der Waals surface area contributed by atoms with E-state index in [9.17, 15) is 26.4 Å². The number of fused-ring (bicyclic) bond motifs is 1. The lowest BCUT2D eigenvalue weighted by molar-refractivity contribution is -0.0436. The lowest BCUT2D eigenvalue weighted by Crippen LogP contribution is -2.40. The second kappa shape index (κ2) is 6.70. The van der Waals surface area contributed by atoms with Crippen LogP contribution in [0.2, 0.25) is 0 Å². The number of thiophene rings is 1. The molecule has 1 aliphatic rings. The molecule has 0 spiro atoms. The average molecular weight is 403 g/mol. The van der Waals surface area contributed by atoms with Crippen molar-refractivity contribution in [1.82, 2.24) is 4.90 Å². The predicted octanol–water partition coefficient (Wildman–Crippen LogP) is 4.19. The number of sulfone groups is 1. The van der Waals surface area contributed by atoms with Crippen LogP contribution < -0.4 is 0 Å². The van der Waals surface area contributed by atoms with Gasteiger partial charge in [0, 0.05) is 11.4 Å². The first-order valence-corrected chi connectivity index (χ1v) is 10.3. The Labute approximate surface area is 153 Å². The summed E-state index contributed by atoms with van der Waals surface area (Å²) in [7, 11) is -5.61. The third kappa shape index (κ3) is 3.03. The van der Waals surface area contributed by atoms with Crippen LogP contribution in [0.4, 0.5) is 13.2 Å². The minimum absolute atomic E-state index is 0.279. The number of hydrogen-bond acceptors (Lipinski definition) is 4. The highest BCUT2D eigenvalue weighted by molar-refractivity contribution is 7.92. The highest BCUT2D eigenvalue weighted by atomic mass is 32.2. The molecule has 0 aliphatic carbocycles. The fourth-order valence-electron chi connectivity index (χ4n) is 3.24. The highest BCUT2D eigenvalue weighted by Gasteiger charge is 2.48. The molecule has 0 N–H and O–H groups in total. The molecule has 4 nitrogen and oxygen atoms in total. The van der Waals surface area contributed by atoms with E-state index in [0.29, 0.717) is 19.4 Å². The van der Waals surface area contributed by atoms with Crippen LogP contribution in [0, 0.1) is 0 Å². The molecule has 1 atom stereocenters. The number of benzene rings is 1. The molecule has 1 aromatic carbocycles. The van der Waals surface area contributed by atoms with Crippen molar-refractivity contribution in [2.24, 2.45) is 0 Å². The Hall–Kier alpha value is -1.87. The molecule has 1 amide bonds. The van der Waals surface area contributed by atoms with Crippen LogP contribution in [-0.2, 0) is 16.3 Å². The molecule has 0 radical (unpaired) electrons. The maximum atomic E-state index is 13.0. The third-order valence-corrected chi connectivity index (χ3v) is 7.00. The van der Waals surface area contributed by atoms with Crippen molar-refractivity contribution >= 4 is 27.1 Å². The van der Waals surface area contributed by atoms with Crippen LogP contribution in [-0.4, -0.2) is 31.3 Å². The summed E-state index contributed by atoms with van der Waals surface area (Å²) in [6.07, 6.45) is 1.19. The molecule has 1 unspecified atom stereocenters. The molecular formula is C17H16F3NO3S2. The maximum Gasteiger partial charge on any atom is 0.501 e. The van der Waals surface area contributed by atoms with Gasteiger partial charge in [0.05, 0.1) is 16.5 Å². The van der Waals surface area contributed by atoms with Crippen molar-refractivity contribution in [2.45, 2.75) is 36.2 Å². The van der Waals surface area contributed by atoms with E-state index in [-0.39, 0.29) is 6.04 Å². The highest BCUT2D eigenvalue weighted by Crippen LogP contribution is 2.38. The number of amides is 1. The zero-order chi connectivity index (χ0) is 19.1. The number of nitrogens with zero attached hydrogens (tertiary/aromatic N) is 1. The van der Waals surface area contributed by atoms with Gasteiger partial charge >= 0.3 is 5.51 Å². The van der Waals surface area contributed by atoms with Gasteiger partial charge < -0.3 is 4.90 Å². The van der Waals surface area contributed by atoms with Crippen LogP contribution in [0.1, 0.15) is 40.2 Å². The van der Waals surface area contributed by atoms with Crippen LogP contribution >= 0.6 is 11.3 Å². The van der Waals surface area contributed by atoms with Gasteiger partial charge in [-0.25, -0.2) is 8.42 Å². The van der Waals surface area contributed by atoms with Crippen molar-refractivity contribution in [3.05, 3.63) is 51.7 Å². The summed E-state index contributed by atoms with van der Waals surface area (Å²) >= 11 is 1.58. The Morgan fingerprint density at radius 3 is 2.62 bits per heavy atom. The second-order valence-electron chi connectivity index (χ2n) is 5.92. The van der Waals surface area contributed by atoms with E-state index >= 15 is 0 Å². The van der Waals surface area contributed by atoms with Gasteiger partial charge in [-0.15, -0.1) is 11.3 Å². The summed E-state index contributed by atoms with van der Waals surface area (Å²) in [5, 5.41) is 1.92. The second-order valence-corrected chi connectivity index (χ2v) is 8.83. The Morgan fingerprint density at radius 1 is 1.27 bits per heavy atom. The monoisotopic (exact) mass is 403 g/mol. The van der Waals surface area contributed by atoms with Gasteiger partial charge in [-0.1, -0.05) is 19.1 Å². The third-order valence-electron chi connectivity index (χ3n) is 4.45. The van der Waals surface area contributed by atoms with E-state index in [2.05, 4.69) is 0 Å². The molecule has 1 aromatic heterocycles. The number of alkyl halides is 3. The molecule has 0 bridgehead atoms. The first kappa shape index (κ1) is 18.9. The van der Waals surface area contributed by atoms with Gasteiger partial charge in [0.2, 0.25) is 0 Å². The van der Waals surface area contributed by atoms with Crippen LogP contribution in [0.5, 0.6) is 0 Å². The molecule has 0 fully saturated rings. The predicted molar refractivity (Wildman–Crippen MR) is 91.8 cm³/mol. The van der Waals surface area contributed by atoms with Crippen LogP contribution in [0.15, 0.2) is 40.6 Å². The maximum absolute atomic E-state index is 13.0. The number of carbonyl (C=O) groups is 1. The molecule has 2 aromatic rings. The van der Waals surface area contributed by atoms with Crippen LogP contribution in [0.25, 0.3) is 0 Å². The van der Waals surface area contributed by atoms with Gasteiger partial charge in [-0.2, -0.15) is 13.2 Å². The first-order valence-electron chi connectivity index (χ1n) is 7.96. The smallest absolute Gasteiger partial charge is 0.331 e. The topological polar surface area (TPSA) is 54.5 Å². The fraction of sp³-hybridized carbons (Fsp3) is 0.353. The summed E-state index contributed by atoms with van der Waals surface area (Å²) in [6.45, 7) is 2.22. The van der Waals surface area contributed by atoms with Crippen LogP contribution in [0.3, 0.4) is 0 Å². The van der Waals surface area contributed by atoms with E-state index < -0.39 is 31.7 Å². The molecule has 1 aliphatic heterocycles. The average Bonchev–Trinajstić information content (AvgIpc) is 3.08. The van der Waals surface area contributed by atoms with E-state index in [4.69, 9.17) is 0 Å². The standard InChI is InChI=1S/C17H16F3NO3S2/c1-2-13-11-8-10-25-14(11)7-9-21(13)16(22)12-5-3-4-6-15(12)26(23,24)17(18,19)20/h3-6,8,10,13H,2,7,9H2,1H3. The Bertz CT molecular complexity index is 935. The number of rotatable bonds is 3. The van der Waals surface area contributed by atoms with Gasteiger partial charge in [-0.05, 0) is 42.0 Å².